The molecular weight excluding hydrogens is 351 g/mol. The largest absolute Gasteiger partial charge is 0.419 e. The Bertz CT molecular complexity index is 623. The highest BCUT2D eigenvalue weighted by atomic mass is 79.9. The zero-order valence-corrected chi connectivity index (χ0v) is 12.9. The van der Waals surface area contributed by atoms with E-state index in [0.717, 1.165) is 6.07 Å². The topological polar surface area (TPSA) is 51.0 Å². The number of hydrogen-bond acceptors (Lipinski definition) is 4. The predicted octanol–water partition coefficient (Wildman–Crippen LogP) is 4.19. The van der Waals surface area contributed by atoms with Gasteiger partial charge < -0.3 is 9.73 Å². The highest BCUT2D eigenvalue weighted by molar-refractivity contribution is 9.10. The Morgan fingerprint density at radius 3 is 2.62 bits per heavy atom. The van der Waals surface area contributed by atoms with Crippen molar-refractivity contribution in [2.75, 3.05) is 7.05 Å². The van der Waals surface area contributed by atoms with Gasteiger partial charge in [-0.3, -0.25) is 0 Å². The maximum absolute atomic E-state index is 13.1. The summed E-state index contributed by atoms with van der Waals surface area (Å²) in [6, 6.07) is 3.62. The van der Waals surface area contributed by atoms with Crippen molar-refractivity contribution in [2.24, 2.45) is 0 Å². The van der Waals surface area contributed by atoms with Gasteiger partial charge in [0.1, 0.15) is 0 Å². The number of benzene rings is 1. The third kappa shape index (κ3) is 3.44. The SMILES string of the molecule is CCC(NC)c1nnc(-c2ccc(Br)cc2C(F)(F)F)o1. The summed E-state index contributed by atoms with van der Waals surface area (Å²) in [6.07, 6.45) is -3.81. The Balaban J connectivity index is 2.48. The minimum atomic E-state index is -4.50. The van der Waals surface area contributed by atoms with E-state index >= 15 is 0 Å². The van der Waals surface area contributed by atoms with Gasteiger partial charge in [0.05, 0.1) is 17.2 Å². The maximum atomic E-state index is 13.1. The van der Waals surface area contributed by atoms with Crippen molar-refractivity contribution in [3.8, 4) is 11.5 Å². The second-order valence-electron chi connectivity index (χ2n) is 4.38. The monoisotopic (exact) mass is 363 g/mol. The molecule has 114 valence electrons. The molecule has 4 nitrogen and oxygen atoms in total. The summed E-state index contributed by atoms with van der Waals surface area (Å²) in [6.45, 7) is 1.91. The van der Waals surface area contributed by atoms with Crippen LogP contribution in [0.15, 0.2) is 27.1 Å². The molecule has 1 unspecified atom stereocenters. The summed E-state index contributed by atoms with van der Waals surface area (Å²) < 4.78 is 45.0. The van der Waals surface area contributed by atoms with Crippen LogP contribution in [-0.4, -0.2) is 17.2 Å². The molecule has 0 aliphatic heterocycles. The van der Waals surface area contributed by atoms with Gasteiger partial charge in [-0.15, -0.1) is 10.2 Å². The van der Waals surface area contributed by atoms with Gasteiger partial charge >= 0.3 is 6.18 Å². The fourth-order valence-corrected chi connectivity index (χ4v) is 2.29. The van der Waals surface area contributed by atoms with E-state index in [1.54, 1.807) is 7.05 Å². The molecule has 1 N–H and O–H groups in total. The Labute approximate surface area is 127 Å². The zero-order valence-electron chi connectivity index (χ0n) is 11.3. The molecule has 0 amide bonds. The van der Waals surface area contributed by atoms with Crippen LogP contribution in [-0.2, 0) is 6.18 Å². The van der Waals surface area contributed by atoms with E-state index in [9.17, 15) is 13.2 Å². The first-order valence-electron chi connectivity index (χ1n) is 6.24. The number of halogens is 4. The van der Waals surface area contributed by atoms with Crippen molar-refractivity contribution in [1.82, 2.24) is 15.5 Å². The van der Waals surface area contributed by atoms with Crippen molar-refractivity contribution in [3.05, 3.63) is 34.1 Å². The first kappa shape index (κ1) is 16.0. The average molecular weight is 364 g/mol. The van der Waals surface area contributed by atoms with Crippen LogP contribution >= 0.6 is 15.9 Å². The number of aromatic nitrogens is 2. The summed E-state index contributed by atoms with van der Waals surface area (Å²) in [5.41, 5.74) is -0.944. The van der Waals surface area contributed by atoms with E-state index in [-0.39, 0.29) is 23.4 Å². The second-order valence-corrected chi connectivity index (χ2v) is 5.30. The van der Waals surface area contributed by atoms with E-state index in [1.807, 2.05) is 6.92 Å². The highest BCUT2D eigenvalue weighted by Gasteiger charge is 2.35. The molecule has 1 atom stereocenters. The summed E-state index contributed by atoms with van der Waals surface area (Å²) >= 11 is 3.04. The highest BCUT2D eigenvalue weighted by Crippen LogP contribution is 2.38. The molecule has 8 heteroatoms. The molecule has 2 rings (SSSR count). The molecule has 21 heavy (non-hydrogen) atoms. The van der Waals surface area contributed by atoms with Crippen LogP contribution in [0.2, 0.25) is 0 Å². The minimum Gasteiger partial charge on any atom is -0.419 e. The normalized spacial score (nSPS) is 13.4. The van der Waals surface area contributed by atoms with E-state index in [0.29, 0.717) is 10.9 Å². The fraction of sp³-hybridized carbons (Fsp3) is 0.385. The van der Waals surface area contributed by atoms with Gasteiger partial charge in [0, 0.05) is 4.47 Å². The van der Waals surface area contributed by atoms with Gasteiger partial charge in [0.2, 0.25) is 11.8 Å². The van der Waals surface area contributed by atoms with Crippen LogP contribution in [0.3, 0.4) is 0 Å². The summed E-state index contributed by atoms with van der Waals surface area (Å²) in [5.74, 6) is 0.129. The number of rotatable bonds is 4. The van der Waals surface area contributed by atoms with Gasteiger partial charge in [-0.25, -0.2) is 0 Å². The van der Waals surface area contributed by atoms with Crippen molar-refractivity contribution in [1.29, 1.82) is 0 Å². The predicted molar refractivity (Wildman–Crippen MR) is 74.5 cm³/mol. The van der Waals surface area contributed by atoms with E-state index in [1.165, 1.54) is 12.1 Å². The molecule has 0 aliphatic rings. The molecule has 0 fully saturated rings. The lowest BCUT2D eigenvalue weighted by Crippen LogP contribution is -2.15. The van der Waals surface area contributed by atoms with E-state index < -0.39 is 11.7 Å². The van der Waals surface area contributed by atoms with Gasteiger partial charge in [-0.2, -0.15) is 13.2 Å². The number of nitrogens with one attached hydrogen (secondary N) is 1. The van der Waals surface area contributed by atoms with Crippen LogP contribution in [0.4, 0.5) is 13.2 Å². The average Bonchev–Trinajstić information content (AvgIpc) is 2.88. The van der Waals surface area contributed by atoms with E-state index in [4.69, 9.17) is 4.42 Å². The molecule has 0 saturated carbocycles. The molecular formula is C13H13BrF3N3O. The maximum Gasteiger partial charge on any atom is 0.417 e. The van der Waals surface area contributed by atoms with Crippen molar-refractivity contribution < 1.29 is 17.6 Å². The zero-order chi connectivity index (χ0) is 15.6. The lowest BCUT2D eigenvalue weighted by atomic mass is 10.1. The Morgan fingerprint density at radius 2 is 2.05 bits per heavy atom. The first-order chi connectivity index (χ1) is 9.86. The summed E-state index contributed by atoms with van der Waals surface area (Å²) in [4.78, 5) is 0. The van der Waals surface area contributed by atoms with Crippen molar-refractivity contribution in [2.45, 2.75) is 25.6 Å². The first-order valence-corrected chi connectivity index (χ1v) is 7.04. The van der Waals surface area contributed by atoms with Crippen LogP contribution in [0.5, 0.6) is 0 Å². The minimum absolute atomic E-state index is 0.129. The molecule has 2 aromatic rings. The van der Waals surface area contributed by atoms with Gasteiger partial charge in [0.25, 0.3) is 0 Å². The number of alkyl halides is 3. The quantitative estimate of drug-likeness (QED) is 0.884. The lowest BCUT2D eigenvalue weighted by molar-refractivity contribution is -0.137. The van der Waals surface area contributed by atoms with Crippen molar-refractivity contribution in [3.63, 3.8) is 0 Å². The van der Waals surface area contributed by atoms with Crippen LogP contribution < -0.4 is 5.32 Å². The molecule has 1 heterocycles. The van der Waals surface area contributed by atoms with Gasteiger partial charge in [0.15, 0.2) is 0 Å². The molecule has 0 saturated heterocycles. The van der Waals surface area contributed by atoms with Gasteiger partial charge in [-0.05, 0) is 31.7 Å². The Hall–Kier alpha value is -1.41. The third-order valence-corrected chi connectivity index (χ3v) is 3.51. The number of hydrogen-bond donors (Lipinski definition) is 1. The molecule has 0 bridgehead atoms. The molecule has 1 aromatic carbocycles. The van der Waals surface area contributed by atoms with E-state index in [2.05, 4.69) is 31.4 Å². The Morgan fingerprint density at radius 1 is 1.33 bits per heavy atom. The Kier molecular flexibility index (Phi) is 4.67. The van der Waals surface area contributed by atoms with Crippen LogP contribution in [0, 0.1) is 0 Å². The fourth-order valence-electron chi connectivity index (χ4n) is 1.92. The second kappa shape index (κ2) is 6.15. The smallest absolute Gasteiger partial charge is 0.417 e. The molecule has 0 spiro atoms. The molecule has 0 aliphatic carbocycles. The molecule has 0 radical (unpaired) electrons. The number of nitrogens with zero attached hydrogens (tertiary/aromatic N) is 2. The van der Waals surface area contributed by atoms with Crippen LogP contribution in [0.1, 0.15) is 30.8 Å². The standard InChI is InChI=1S/C13H13BrF3N3O/c1-3-10(18-2)12-20-19-11(21-12)8-5-4-7(14)6-9(8)13(15,16)17/h4-6,10,18H,3H2,1-2H3. The van der Waals surface area contributed by atoms with Crippen molar-refractivity contribution >= 4 is 15.9 Å². The molecule has 1 aromatic heterocycles. The summed E-state index contributed by atoms with van der Waals surface area (Å²) in [7, 11) is 1.72. The van der Waals surface area contributed by atoms with Gasteiger partial charge in [-0.1, -0.05) is 22.9 Å². The third-order valence-electron chi connectivity index (χ3n) is 3.01. The van der Waals surface area contributed by atoms with Crippen LogP contribution in [0.25, 0.3) is 11.5 Å². The lowest BCUT2D eigenvalue weighted by Gasteiger charge is -2.11. The summed E-state index contributed by atoms with van der Waals surface area (Å²) in [5, 5.41) is 10.5.